The maximum Gasteiger partial charge on any atom is 0.225 e. The normalized spacial score (nSPS) is 18.2. The molecule has 1 N–H and O–H groups in total. The predicted molar refractivity (Wildman–Crippen MR) is 96.5 cm³/mol. The van der Waals surface area contributed by atoms with E-state index in [-0.39, 0.29) is 24.0 Å². The topological polar surface area (TPSA) is 38.3 Å². The van der Waals surface area contributed by atoms with Crippen molar-refractivity contribution in [3.05, 3.63) is 63.9 Å². The summed E-state index contributed by atoms with van der Waals surface area (Å²) >= 11 is 5.76. The van der Waals surface area contributed by atoms with Crippen molar-refractivity contribution in [2.45, 2.75) is 45.3 Å². The van der Waals surface area contributed by atoms with Gasteiger partial charge in [0, 0.05) is 17.0 Å². The van der Waals surface area contributed by atoms with E-state index in [0.717, 1.165) is 16.9 Å². The summed E-state index contributed by atoms with van der Waals surface area (Å²) in [5.74, 6) is 0.0978. The van der Waals surface area contributed by atoms with Gasteiger partial charge in [0.05, 0.1) is 12.5 Å². The Kier molecular flexibility index (Phi) is 4.74. The molecule has 0 aliphatic carbocycles. The highest BCUT2D eigenvalue weighted by Gasteiger charge is 2.34. The van der Waals surface area contributed by atoms with Gasteiger partial charge >= 0.3 is 0 Å². The third-order valence-electron chi connectivity index (χ3n) is 4.33. The lowest BCUT2D eigenvalue weighted by Crippen LogP contribution is -2.41. The van der Waals surface area contributed by atoms with Crippen LogP contribution in [0.4, 0.5) is 4.39 Å². The maximum absolute atomic E-state index is 13.9. The van der Waals surface area contributed by atoms with Crippen LogP contribution in [-0.2, 0) is 11.2 Å². The SMILES string of the molecule is Cc1ccc2c(c1)OC(C)(C)C[C@H]2NC(=O)Cc1ccc(Cl)cc1F. The Morgan fingerprint density at radius 2 is 2.08 bits per heavy atom. The maximum atomic E-state index is 13.9. The first-order chi connectivity index (χ1) is 11.7. The Hall–Kier alpha value is -2.07. The number of carbonyl (C=O) groups is 1. The average molecular weight is 362 g/mol. The summed E-state index contributed by atoms with van der Waals surface area (Å²) < 4.78 is 19.9. The number of benzene rings is 2. The van der Waals surface area contributed by atoms with E-state index in [9.17, 15) is 9.18 Å². The molecule has 1 heterocycles. The molecular weight excluding hydrogens is 341 g/mol. The quantitative estimate of drug-likeness (QED) is 0.856. The van der Waals surface area contributed by atoms with Crippen LogP contribution in [0.15, 0.2) is 36.4 Å². The summed E-state index contributed by atoms with van der Waals surface area (Å²) in [6, 6.07) is 10.1. The van der Waals surface area contributed by atoms with Crippen LogP contribution in [-0.4, -0.2) is 11.5 Å². The Morgan fingerprint density at radius 3 is 2.80 bits per heavy atom. The van der Waals surface area contributed by atoms with Crippen LogP contribution in [0.5, 0.6) is 5.75 Å². The molecule has 5 heteroatoms. The van der Waals surface area contributed by atoms with Crippen molar-refractivity contribution in [2.24, 2.45) is 0 Å². The lowest BCUT2D eigenvalue weighted by molar-refractivity contribution is -0.121. The standard InChI is InChI=1S/C20H21ClFNO2/c1-12-4-7-15-17(11-20(2,3)25-18(15)8-12)23-19(24)9-13-5-6-14(21)10-16(13)22/h4-8,10,17H,9,11H2,1-3H3,(H,23,24)/t17-/m1/s1. The molecule has 2 aromatic carbocycles. The molecule has 25 heavy (non-hydrogen) atoms. The van der Waals surface area contributed by atoms with E-state index in [2.05, 4.69) is 5.32 Å². The van der Waals surface area contributed by atoms with Crippen LogP contribution >= 0.6 is 11.6 Å². The smallest absolute Gasteiger partial charge is 0.225 e. The zero-order valence-electron chi connectivity index (χ0n) is 14.5. The number of ether oxygens (including phenoxy) is 1. The summed E-state index contributed by atoms with van der Waals surface area (Å²) in [4.78, 5) is 12.5. The van der Waals surface area contributed by atoms with Gasteiger partial charge in [-0.3, -0.25) is 4.79 Å². The Bertz CT molecular complexity index is 819. The Balaban J connectivity index is 1.79. The van der Waals surface area contributed by atoms with Crippen molar-refractivity contribution >= 4 is 17.5 Å². The van der Waals surface area contributed by atoms with Crippen LogP contribution in [0, 0.1) is 12.7 Å². The van der Waals surface area contributed by atoms with Gasteiger partial charge in [-0.15, -0.1) is 0 Å². The molecule has 132 valence electrons. The molecular formula is C20H21ClFNO2. The van der Waals surface area contributed by atoms with Gasteiger partial charge < -0.3 is 10.1 Å². The fraction of sp³-hybridized carbons (Fsp3) is 0.350. The van der Waals surface area contributed by atoms with E-state index in [1.165, 1.54) is 6.07 Å². The molecule has 0 unspecified atom stereocenters. The number of hydrogen-bond acceptors (Lipinski definition) is 2. The number of nitrogens with one attached hydrogen (secondary N) is 1. The first kappa shape index (κ1) is 17.7. The molecule has 1 amide bonds. The number of aryl methyl sites for hydroxylation is 1. The third kappa shape index (κ3) is 4.13. The highest BCUT2D eigenvalue weighted by atomic mass is 35.5. The van der Waals surface area contributed by atoms with Crippen molar-refractivity contribution < 1.29 is 13.9 Å². The lowest BCUT2D eigenvalue weighted by Gasteiger charge is -2.38. The Labute approximate surface area is 152 Å². The largest absolute Gasteiger partial charge is 0.487 e. The highest BCUT2D eigenvalue weighted by molar-refractivity contribution is 6.30. The van der Waals surface area contributed by atoms with Crippen molar-refractivity contribution in [1.29, 1.82) is 0 Å². The molecule has 0 saturated carbocycles. The molecule has 1 aliphatic heterocycles. The molecule has 1 aliphatic rings. The molecule has 0 bridgehead atoms. The zero-order chi connectivity index (χ0) is 18.2. The van der Waals surface area contributed by atoms with Crippen LogP contribution < -0.4 is 10.1 Å². The van der Waals surface area contributed by atoms with Gasteiger partial charge in [-0.1, -0.05) is 29.8 Å². The van der Waals surface area contributed by atoms with Crippen LogP contribution in [0.25, 0.3) is 0 Å². The number of rotatable bonds is 3. The van der Waals surface area contributed by atoms with Gasteiger partial charge in [-0.25, -0.2) is 4.39 Å². The number of halogens is 2. The second kappa shape index (κ2) is 6.68. The first-order valence-electron chi connectivity index (χ1n) is 8.26. The molecule has 0 fully saturated rings. The fourth-order valence-electron chi connectivity index (χ4n) is 3.17. The van der Waals surface area contributed by atoms with Gasteiger partial charge in [0.1, 0.15) is 17.2 Å². The molecule has 3 nitrogen and oxygen atoms in total. The summed E-state index contributed by atoms with van der Waals surface area (Å²) in [5.41, 5.74) is 2.00. The van der Waals surface area contributed by atoms with Crippen molar-refractivity contribution in [3.63, 3.8) is 0 Å². The van der Waals surface area contributed by atoms with Crippen LogP contribution in [0.3, 0.4) is 0 Å². The minimum Gasteiger partial charge on any atom is -0.487 e. The van der Waals surface area contributed by atoms with Crippen molar-refractivity contribution in [1.82, 2.24) is 5.32 Å². The molecule has 0 aromatic heterocycles. The molecule has 2 aromatic rings. The second-order valence-corrected chi connectivity index (χ2v) is 7.58. The molecule has 0 spiro atoms. The van der Waals surface area contributed by atoms with Gasteiger partial charge in [0.25, 0.3) is 0 Å². The first-order valence-corrected chi connectivity index (χ1v) is 8.64. The van der Waals surface area contributed by atoms with Crippen molar-refractivity contribution in [3.8, 4) is 5.75 Å². The van der Waals surface area contributed by atoms with Gasteiger partial charge in [0.2, 0.25) is 5.91 Å². The van der Waals surface area contributed by atoms with Crippen LogP contribution in [0.2, 0.25) is 5.02 Å². The molecule has 0 saturated heterocycles. The van der Waals surface area contributed by atoms with E-state index >= 15 is 0 Å². The number of fused-ring (bicyclic) bond motifs is 1. The van der Waals surface area contributed by atoms with Crippen LogP contribution in [0.1, 0.15) is 43.0 Å². The van der Waals surface area contributed by atoms with Crippen molar-refractivity contribution in [2.75, 3.05) is 0 Å². The number of carbonyl (C=O) groups excluding carboxylic acids is 1. The van der Waals surface area contributed by atoms with E-state index in [4.69, 9.17) is 16.3 Å². The minimum absolute atomic E-state index is 0.0258. The average Bonchev–Trinajstić information content (AvgIpc) is 2.48. The van der Waals surface area contributed by atoms with E-state index in [1.807, 2.05) is 39.0 Å². The van der Waals surface area contributed by atoms with Gasteiger partial charge in [-0.05, 0) is 50.1 Å². The highest BCUT2D eigenvalue weighted by Crippen LogP contribution is 2.39. The van der Waals surface area contributed by atoms with E-state index in [1.54, 1.807) is 12.1 Å². The summed E-state index contributed by atoms with van der Waals surface area (Å²) in [6.07, 6.45) is 0.625. The van der Waals surface area contributed by atoms with E-state index < -0.39 is 5.82 Å². The Morgan fingerprint density at radius 1 is 1.32 bits per heavy atom. The second-order valence-electron chi connectivity index (χ2n) is 7.14. The summed E-state index contributed by atoms with van der Waals surface area (Å²) in [5, 5.41) is 3.34. The zero-order valence-corrected chi connectivity index (χ0v) is 15.3. The lowest BCUT2D eigenvalue weighted by atomic mass is 9.89. The molecule has 3 rings (SSSR count). The fourth-order valence-corrected chi connectivity index (χ4v) is 3.33. The number of amides is 1. The third-order valence-corrected chi connectivity index (χ3v) is 4.56. The van der Waals surface area contributed by atoms with Gasteiger partial charge in [0.15, 0.2) is 0 Å². The predicted octanol–water partition coefficient (Wildman–Crippen LogP) is 4.75. The van der Waals surface area contributed by atoms with E-state index in [0.29, 0.717) is 17.0 Å². The monoisotopic (exact) mass is 361 g/mol. The summed E-state index contributed by atoms with van der Waals surface area (Å²) in [6.45, 7) is 5.99. The minimum atomic E-state index is -0.467. The molecule has 0 radical (unpaired) electrons. The van der Waals surface area contributed by atoms with Gasteiger partial charge in [-0.2, -0.15) is 0 Å². The summed E-state index contributed by atoms with van der Waals surface area (Å²) in [7, 11) is 0. The number of hydrogen-bond donors (Lipinski definition) is 1. The molecule has 1 atom stereocenters.